The van der Waals surface area contributed by atoms with Gasteiger partial charge in [-0.15, -0.1) is 0 Å². The minimum atomic E-state index is -2.83. The normalized spacial score (nSPS) is 22.1. The Morgan fingerprint density at radius 1 is 1.32 bits per heavy atom. The van der Waals surface area contributed by atoms with E-state index in [0.29, 0.717) is 18.9 Å². The molecule has 0 radical (unpaired) electrons. The van der Waals surface area contributed by atoms with Gasteiger partial charge < -0.3 is 10.1 Å². The third kappa shape index (κ3) is 4.51. The van der Waals surface area contributed by atoms with E-state index in [2.05, 4.69) is 5.32 Å². The number of hydrogen-bond acceptors (Lipinski definition) is 4. The van der Waals surface area contributed by atoms with E-state index in [1.807, 2.05) is 31.2 Å². The molecule has 1 heterocycles. The SMILES string of the molecule is CCOc1ccc(CNC2CCCS(=O)(=O)C2)cc1. The van der Waals surface area contributed by atoms with Gasteiger partial charge >= 0.3 is 0 Å². The maximum Gasteiger partial charge on any atom is 0.151 e. The smallest absolute Gasteiger partial charge is 0.151 e. The highest BCUT2D eigenvalue weighted by atomic mass is 32.2. The summed E-state index contributed by atoms with van der Waals surface area (Å²) in [5, 5.41) is 3.32. The van der Waals surface area contributed by atoms with Crippen LogP contribution >= 0.6 is 0 Å². The molecule has 1 aliphatic heterocycles. The van der Waals surface area contributed by atoms with Crippen molar-refractivity contribution >= 4 is 9.84 Å². The van der Waals surface area contributed by atoms with E-state index in [-0.39, 0.29) is 11.8 Å². The maximum absolute atomic E-state index is 11.5. The van der Waals surface area contributed by atoms with E-state index in [1.165, 1.54) is 0 Å². The van der Waals surface area contributed by atoms with E-state index >= 15 is 0 Å². The summed E-state index contributed by atoms with van der Waals surface area (Å²) in [5.74, 6) is 1.48. The van der Waals surface area contributed by atoms with Crippen LogP contribution in [-0.2, 0) is 16.4 Å². The van der Waals surface area contributed by atoms with E-state index in [1.54, 1.807) is 0 Å². The van der Waals surface area contributed by atoms with Gasteiger partial charge in [-0.1, -0.05) is 12.1 Å². The highest BCUT2D eigenvalue weighted by molar-refractivity contribution is 7.91. The predicted octanol–water partition coefficient (Wildman–Crippen LogP) is 1.75. The molecule has 106 valence electrons. The van der Waals surface area contributed by atoms with Crippen molar-refractivity contribution in [1.82, 2.24) is 5.32 Å². The Kier molecular flexibility index (Phi) is 4.82. The molecular formula is C14H21NO3S. The number of nitrogens with one attached hydrogen (secondary N) is 1. The topological polar surface area (TPSA) is 55.4 Å². The minimum absolute atomic E-state index is 0.0883. The molecule has 0 spiro atoms. The molecule has 1 aliphatic rings. The van der Waals surface area contributed by atoms with Gasteiger partial charge in [0.05, 0.1) is 18.1 Å². The summed E-state index contributed by atoms with van der Waals surface area (Å²) in [4.78, 5) is 0. The average molecular weight is 283 g/mol. The summed E-state index contributed by atoms with van der Waals surface area (Å²) in [6.45, 7) is 3.32. The highest BCUT2D eigenvalue weighted by Crippen LogP contribution is 2.14. The molecule has 1 atom stereocenters. The van der Waals surface area contributed by atoms with Crippen LogP contribution in [0.25, 0.3) is 0 Å². The van der Waals surface area contributed by atoms with Gasteiger partial charge in [0.1, 0.15) is 5.75 Å². The zero-order valence-electron chi connectivity index (χ0n) is 11.3. The van der Waals surface area contributed by atoms with Crippen molar-refractivity contribution in [3.8, 4) is 5.75 Å². The molecule has 0 aliphatic carbocycles. The molecule has 0 bridgehead atoms. The molecule has 19 heavy (non-hydrogen) atoms. The average Bonchev–Trinajstić information content (AvgIpc) is 2.37. The number of sulfone groups is 1. The molecular weight excluding hydrogens is 262 g/mol. The third-order valence-electron chi connectivity index (χ3n) is 3.29. The Balaban J connectivity index is 1.85. The van der Waals surface area contributed by atoms with Gasteiger partial charge in [0.2, 0.25) is 0 Å². The van der Waals surface area contributed by atoms with Gasteiger partial charge in [-0.2, -0.15) is 0 Å². The monoisotopic (exact) mass is 283 g/mol. The van der Waals surface area contributed by atoms with E-state index in [9.17, 15) is 8.42 Å². The van der Waals surface area contributed by atoms with Crippen LogP contribution in [0, 0.1) is 0 Å². The van der Waals surface area contributed by atoms with Crippen LogP contribution < -0.4 is 10.1 Å². The molecule has 1 unspecified atom stereocenters. The lowest BCUT2D eigenvalue weighted by Gasteiger charge is -2.23. The molecule has 0 saturated carbocycles. The van der Waals surface area contributed by atoms with E-state index < -0.39 is 9.84 Å². The van der Waals surface area contributed by atoms with Crippen LogP contribution in [-0.4, -0.2) is 32.6 Å². The molecule has 1 aromatic rings. The van der Waals surface area contributed by atoms with Gasteiger partial charge in [0, 0.05) is 12.6 Å². The molecule has 2 rings (SSSR count). The first-order valence-electron chi connectivity index (χ1n) is 6.74. The minimum Gasteiger partial charge on any atom is -0.494 e. The van der Waals surface area contributed by atoms with Crippen LogP contribution in [0.5, 0.6) is 5.75 Å². The van der Waals surface area contributed by atoms with E-state index in [4.69, 9.17) is 4.74 Å². The first-order chi connectivity index (χ1) is 9.09. The third-order valence-corrected chi connectivity index (χ3v) is 5.11. The molecule has 1 fully saturated rings. The van der Waals surface area contributed by atoms with Crippen molar-refractivity contribution in [1.29, 1.82) is 0 Å². The first kappa shape index (κ1) is 14.3. The first-order valence-corrected chi connectivity index (χ1v) is 8.57. The largest absolute Gasteiger partial charge is 0.494 e. The quantitative estimate of drug-likeness (QED) is 0.894. The van der Waals surface area contributed by atoms with Crippen molar-refractivity contribution in [3.05, 3.63) is 29.8 Å². The zero-order chi connectivity index (χ0) is 13.7. The summed E-state index contributed by atoms with van der Waals surface area (Å²) in [5.41, 5.74) is 1.14. The Labute approximate surface area is 115 Å². The van der Waals surface area contributed by atoms with E-state index in [0.717, 1.165) is 24.2 Å². The van der Waals surface area contributed by atoms with Crippen LogP contribution in [0.2, 0.25) is 0 Å². The summed E-state index contributed by atoms with van der Waals surface area (Å²) < 4.78 is 28.4. The molecule has 0 amide bonds. The van der Waals surface area contributed by atoms with Crippen molar-refractivity contribution in [2.24, 2.45) is 0 Å². The number of benzene rings is 1. The highest BCUT2D eigenvalue weighted by Gasteiger charge is 2.23. The lowest BCUT2D eigenvalue weighted by Crippen LogP contribution is -2.39. The van der Waals surface area contributed by atoms with Crippen LogP contribution in [0.1, 0.15) is 25.3 Å². The summed E-state index contributed by atoms with van der Waals surface area (Å²) >= 11 is 0. The maximum atomic E-state index is 11.5. The molecule has 4 nitrogen and oxygen atoms in total. The Bertz CT molecular complexity index is 496. The van der Waals surface area contributed by atoms with Gasteiger partial charge in [0.15, 0.2) is 9.84 Å². The molecule has 1 aromatic carbocycles. The second kappa shape index (κ2) is 6.39. The molecule has 5 heteroatoms. The Morgan fingerprint density at radius 3 is 2.68 bits per heavy atom. The van der Waals surface area contributed by atoms with Crippen LogP contribution in [0.4, 0.5) is 0 Å². The fraction of sp³-hybridized carbons (Fsp3) is 0.571. The fourth-order valence-electron chi connectivity index (χ4n) is 2.32. The molecule has 1 saturated heterocycles. The predicted molar refractivity (Wildman–Crippen MR) is 76.1 cm³/mol. The second-order valence-corrected chi connectivity index (χ2v) is 7.14. The van der Waals surface area contributed by atoms with Gasteiger partial charge in [-0.3, -0.25) is 0 Å². The van der Waals surface area contributed by atoms with Gasteiger partial charge in [-0.05, 0) is 37.5 Å². The number of rotatable bonds is 5. The number of hydrogen-bond donors (Lipinski definition) is 1. The Hall–Kier alpha value is -1.07. The zero-order valence-corrected chi connectivity index (χ0v) is 12.1. The fourth-order valence-corrected chi connectivity index (χ4v) is 3.99. The summed E-state index contributed by atoms with van der Waals surface area (Å²) in [7, 11) is -2.83. The van der Waals surface area contributed by atoms with Crippen LogP contribution in [0.3, 0.4) is 0 Å². The second-order valence-electron chi connectivity index (χ2n) is 4.91. The van der Waals surface area contributed by atoms with Crippen molar-refractivity contribution < 1.29 is 13.2 Å². The molecule has 0 aromatic heterocycles. The lowest BCUT2D eigenvalue weighted by molar-refractivity contribution is 0.340. The van der Waals surface area contributed by atoms with Gasteiger partial charge in [-0.25, -0.2) is 8.42 Å². The Morgan fingerprint density at radius 2 is 2.05 bits per heavy atom. The molecule has 1 N–H and O–H groups in total. The summed E-state index contributed by atoms with van der Waals surface area (Å²) in [6.07, 6.45) is 1.71. The van der Waals surface area contributed by atoms with Crippen molar-refractivity contribution in [2.75, 3.05) is 18.1 Å². The van der Waals surface area contributed by atoms with Crippen LogP contribution in [0.15, 0.2) is 24.3 Å². The standard InChI is InChI=1S/C14H21NO3S/c1-2-18-14-7-5-12(6-8-14)10-15-13-4-3-9-19(16,17)11-13/h5-8,13,15H,2-4,9-11H2,1H3. The summed E-state index contributed by atoms with van der Waals surface area (Å²) in [6, 6.07) is 7.99. The van der Waals surface area contributed by atoms with Crippen molar-refractivity contribution in [2.45, 2.75) is 32.4 Å². The number of ether oxygens (including phenoxy) is 1. The van der Waals surface area contributed by atoms with Gasteiger partial charge in [0.25, 0.3) is 0 Å². The lowest BCUT2D eigenvalue weighted by atomic mass is 10.1. The van der Waals surface area contributed by atoms with Crippen molar-refractivity contribution in [3.63, 3.8) is 0 Å².